The Morgan fingerprint density at radius 3 is 2.76 bits per heavy atom. The highest BCUT2D eigenvalue weighted by Gasteiger charge is 2.57. The van der Waals surface area contributed by atoms with Gasteiger partial charge in [-0.05, 0) is 42.9 Å². The predicted molar refractivity (Wildman–Crippen MR) is 96.2 cm³/mol. The summed E-state index contributed by atoms with van der Waals surface area (Å²) in [7, 11) is 0. The van der Waals surface area contributed by atoms with Crippen LogP contribution in [0.4, 0.5) is 5.82 Å². The molecule has 4 unspecified atom stereocenters. The van der Waals surface area contributed by atoms with E-state index in [1.54, 1.807) is 13.0 Å². The van der Waals surface area contributed by atoms with E-state index in [4.69, 9.17) is 9.26 Å². The van der Waals surface area contributed by atoms with Gasteiger partial charge >= 0.3 is 5.97 Å². The number of thioether (sulfide) groups is 1. The lowest BCUT2D eigenvalue weighted by atomic mass is 9.45. The maximum atomic E-state index is 12.1. The number of anilines is 1. The molecular formula is C18H26N2O4S. The van der Waals surface area contributed by atoms with Crippen molar-refractivity contribution in [2.75, 3.05) is 16.8 Å². The Bertz CT molecular complexity index is 657. The SMILES string of the molecule is Cc1cc(NC(=O)CSCC(=O)OC2CC3CC(C2C)C3(C)C)no1. The number of rotatable bonds is 6. The van der Waals surface area contributed by atoms with Gasteiger partial charge in [0.1, 0.15) is 11.9 Å². The van der Waals surface area contributed by atoms with Gasteiger partial charge in [0.2, 0.25) is 5.91 Å². The molecule has 0 aliphatic heterocycles. The molecule has 3 aliphatic rings. The van der Waals surface area contributed by atoms with E-state index in [0.717, 1.165) is 6.42 Å². The summed E-state index contributed by atoms with van der Waals surface area (Å²) in [5.74, 6) is 2.67. The summed E-state index contributed by atoms with van der Waals surface area (Å²) in [4.78, 5) is 23.9. The third-order valence-electron chi connectivity index (χ3n) is 5.92. The van der Waals surface area contributed by atoms with Crippen LogP contribution in [0.5, 0.6) is 0 Å². The lowest BCUT2D eigenvalue weighted by Crippen LogP contribution is -2.57. The lowest BCUT2D eigenvalue weighted by Gasteiger charge is -2.61. The Morgan fingerprint density at radius 2 is 2.16 bits per heavy atom. The van der Waals surface area contributed by atoms with Gasteiger partial charge in [0.25, 0.3) is 0 Å². The molecule has 0 aromatic carbocycles. The molecule has 2 bridgehead atoms. The van der Waals surface area contributed by atoms with Crippen molar-refractivity contribution in [3.05, 3.63) is 11.8 Å². The van der Waals surface area contributed by atoms with Gasteiger partial charge < -0.3 is 14.6 Å². The van der Waals surface area contributed by atoms with Crippen molar-refractivity contribution in [1.29, 1.82) is 0 Å². The van der Waals surface area contributed by atoms with Crippen LogP contribution >= 0.6 is 11.8 Å². The van der Waals surface area contributed by atoms with Crippen LogP contribution in [-0.2, 0) is 14.3 Å². The Balaban J connectivity index is 1.37. The molecule has 1 aromatic heterocycles. The van der Waals surface area contributed by atoms with Gasteiger partial charge in [0.15, 0.2) is 5.82 Å². The summed E-state index contributed by atoms with van der Waals surface area (Å²) in [6, 6.07) is 1.65. The molecular weight excluding hydrogens is 340 g/mol. The molecule has 3 fully saturated rings. The van der Waals surface area contributed by atoms with E-state index in [0.29, 0.717) is 34.7 Å². The summed E-state index contributed by atoms with van der Waals surface area (Å²) in [6.07, 6.45) is 2.25. The second-order valence-corrected chi connectivity index (χ2v) is 8.83. The molecule has 6 nitrogen and oxygen atoms in total. The number of esters is 1. The smallest absolute Gasteiger partial charge is 0.316 e. The maximum Gasteiger partial charge on any atom is 0.316 e. The first-order valence-electron chi connectivity index (χ1n) is 8.77. The van der Waals surface area contributed by atoms with E-state index in [1.165, 1.54) is 18.2 Å². The van der Waals surface area contributed by atoms with Gasteiger partial charge in [-0.3, -0.25) is 9.59 Å². The minimum atomic E-state index is -0.231. The predicted octanol–water partition coefficient (Wildman–Crippen LogP) is 3.27. The van der Waals surface area contributed by atoms with Crippen molar-refractivity contribution in [3.8, 4) is 0 Å². The number of carbonyl (C=O) groups excluding carboxylic acids is 2. The van der Waals surface area contributed by atoms with Crippen LogP contribution in [0.3, 0.4) is 0 Å². The molecule has 138 valence electrons. The third kappa shape index (κ3) is 3.86. The Hall–Kier alpha value is -1.50. The largest absolute Gasteiger partial charge is 0.461 e. The number of ether oxygens (including phenoxy) is 1. The topological polar surface area (TPSA) is 81.4 Å². The Labute approximate surface area is 152 Å². The average Bonchev–Trinajstić information content (AvgIpc) is 2.93. The van der Waals surface area contributed by atoms with E-state index in [1.807, 2.05) is 0 Å². The molecule has 0 saturated heterocycles. The fourth-order valence-electron chi connectivity index (χ4n) is 4.29. The normalized spacial score (nSPS) is 29.6. The Morgan fingerprint density at radius 1 is 1.40 bits per heavy atom. The number of hydrogen-bond donors (Lipinski definition) is 1. The number of nitrogens with zero attached hydrogens (tertiary/aromatic N) is 1. The van der Waals surface area contributed by atoms with Crippen molar-refractivity contribution in [2.24, 2.45) is 23.2 Å². The molecule has 1 N–H and O–H groups in total. The first kappa shape index (κ1) is 18.3. The molecule has 3 aliphatic carbocycles. The van der Waals surface area contributed by atoms with Crippen molar-refractivity contribution >= 4 is 29.5 Å². The summed E-state index contributed by atoms with van der Waals surface area (Å²) in [5, 5.41) is 6.33. The minimum absolute atomic E-state index is 0.0248. The molecule has 4 rings (SSSR count). The molecule has 4 atom stereocenters. The minimum Gasteiger partial charge on any atom is -0.461 e. The first-order chi connectivity index (χ1) is 11.8. The molecule has 1 heterocycles. The van der Waals surface area contributed by atoms with Crippen LogP contribution < -0.4 is 5.32 Å². The van der Waals surface area contributed by atoms with Gasteiger partial charge in [0.05, 0.1) is 11.5 Å². The lowest BCUT2D eigenvalue weighted by molar-refractivity contribution is -0.183. The fourth-order valence-corrected chi connectivity index (χ4v) is 4.89. The summed E-state index contributed by atoms with van der Waals surface area (Å²) < 4.78 is 10.6. The number of hydrogen-bond acceptors (Lipinski definition) is 6. The molecule has 1 aromatic rings. The molecule has 3 saturated carbocycles. The van der Waals surface area contributed by atoms with Gasteiger partial charge in [0, 0.05) is 6.07 Å². The van der Waals surface area contributed by atoms with E-state index in [-0.39, 0.29) is 29.5 Å². The zero-order valence-electron chi connectivity index (χ0n) is 15.2. The van der Waals surface area contributed by atoms with Gasteiger partial charge in [-0.15, -0.1) is 11.8 Å². The highest BCUT2D eigenvalue weighted by atomic mass is 32.2. The van der Waals surface area contributed by atoms with Crippen molar-refractivity contribution < 1.29 is 18.8 Å². The second-order valence-electron chi connectivity index (χ2n) is 7.85. The van der Waals surface area contributed by atoms with Crippen LogP contribution in [-0.4, -0.2) is 34.6 Å². The zero-order chi connectivity index (χ0) is 18.2. The zero-order valence-corrected chi connectivity index (χ0v) is 16.0. The van der Waals surface area contributed by atoms with Gasteiger partial charge in [-0.25, -0.2) is 0 Å². The van der Waals surface area contributed by atoms with Gasteiger partial charge in [-0.1, -0.05) is 25.9 Å². The van der Waals surface area contributed by atoms with Crippen LogP contribution in [0.15, 0.2) is 10.6 Å². The first-order valence-corrected chi connectivity index (χ1v) is 9.93. The van der Waals surface area contributed by atoms with Crippen LogP contribution in [0.25, 0.3) is 0 Å². The van der Waals surface area contributed by atoms with E-state index >= 15 is 0 Å². The van der Waals surface area contributed by atoms with E-state index < -0.39 is 0 Å². The summed E-state index contributed by atoms with van der Waals surface area (Å²) in [5.41, 5.74) is 0.384. The van der Waals surface area contributed by atoms with Gasteiger partial charge in [-0.2, -0.15) is 0 Å². The summed E-state index contributed by atoms with van der Waals surface area (Å²) in [6.45, 7) is 8.60. The maximum absolute atomic E-state index is 12.1. The molecule has 25 heavy (non-hydrogen) atoms. The number of fused-ring (bicyclic) bond motifs is 2. The standard InChI is InChI=1S/C18H26N2O4S/c1-10-5-15(20-24-10)19-16(21)8-25-9-17(22)23-14-7-12-6-13(11(14)2)18(12,3)4/h5,11-14H,6-9H2,1-4H3,(H,19,20,21). The number of carbonyl (C=O) groups is 2. The third-order valence-corrected chi connectivity index (χ3v) is 6.82. The number of nitrogens with one attached hydrogen (secondary N) is 1. The highest BCUT2D eigenvalue weighted by Crippen LogP contribution is 2.61. The quantitative estimate of drug-likeness (QED) is 0.778. The Kier molecular flexibility index (Phi) is 5.14. The van der Waals surface area contributed by atoms with Crippen molar-refractivity contribution in [1.82, 2.24) is 5.16 Å². The van der Waals surface area contributed by atoms with Crippen molar-refractivity contribution in [2.45, 2.75) is 46.6 Å². The fraction of sp³-hybridized carbons (Fsp3) is 0.722. The molecule has 0 spiro atoms. The molecule has 7 heteroatoms. The average molecular weight is 366 g/mol. The summed E-state index contributed by atoms with van der Waals surface area (Å²) >= 11 is 1.25. The van der Waals surface area contributed by atoms with Crippen LogP contribution in [0, 0.1) is 30.1 Å². The number of amides is 1. The van der Waals surface area contributed by atoms with Crippen molar-refractivity contribution in [3.63, 3.8) is 0 Å². The molecule has 1 amide bonds. The van der Waals surface area contributed by atoms with Crippen LogP contribution in [0.2, 0.25) is 0 Å². The number of aromatic nitrogens is 1. The number of aryl methyl sites for hydroxylation is 1. The van der Waals surface area contributed by atoms with Crippen LogP contribution in [0.1, 0.15) is 39.4 Å². The molecule has 0 radical (unpaired) electrons. The monoisotopic (exact) mass is 366 g/mol. The van der Waals surface area contributed by atoms with E-state index in [9.17, 15) is 9.59 Å². The van der Waals surface area contributed by atoms with E-state index in [2.05, 4.69) is 31.2 Å². The highest BCUT2D eigenvalue weighted by molar-refractivity contribution is 8.00. The second kappa shape index (κ2) is 7.02.